The number of hydrogen-bond donors (Lipinski definition) is 1. The monoisotopic (exact) mass is 335 g/mol. The zero-order chi connectivity index (χ0) is 18.2. The van der Waals surface area contributed by atoms with Gasteiger partial charge in [0.05, 0.1) is 6.04 Å². The summed E-state index contributed by atoms with van der Waals surface area (Å²) in [5, 5.41) is 5.78. The van der Waals surface area contributed by atoms with Crippen molar-refractivity contribution in [3.05, 3.63) is 72.0 Å². The Morgan fingerprint density at radius 2 is 1.56 bits per heavy atom. The van der Waals surface area contributed by atoms with Crippen LogP contribution in [0.3, 0.4) is 0 Å². The third kappa shape index (κ3) is 3.63. The molecule has 0 aliphatic carbocycles. The largest absolute Gasteiger partial charge is 0.455 e. The summed E-state index contributed by atoms with van der Waals surface area (Å²) in [5.41, 5.74) is 4.47. The maximum absolute atomic E-state index is 6.26. The molecule has 1 N–H and O–H groups in total. The highest BCUT2D eigenvalue weighted by atomic mass is 16.3. The van der Waals surface area contributed by atoms with Gasteiger partial charge in [0.2, 0.25) is 0 Å². The van der Waals surface area contributed by atoms with E-state index in [0.717, 1.165) is 17.6 Å². The average molecular weight is 335 g/mol. The van der Waals surface area contributed by atoms with E-state index < -0.39 is 0 Å². The average Bonchev–Trinajstić information content (AvgIpc) is 3.10. The molecule has 1 unspecified atom stereocenters. The third-order valence-electron chi connectivity index (χ3n) is 4.14. The molecule has 25 heavy (non-hydrogen) atoms. The molecule has 2 heteroatoms. The summed E-state index contributed by atoms with van der Waals surface area (Å²) in [7, 11) is 0. The fourth-order valence-corrected chi connectivity index (χ4v) is 3.06. The Morgan fingerprint density at radius 1 is 0.880 bits per heavy atom. The normalized spacial score (nSPS) is 15.2. The van der Waals surface area contributed by atoms with Crippen LogP contribution in [0.5, 0.6) is 0 Å². The minimum absolute atomic E-state index is 0.171. The molecule has 0 spiro atoms. The number of fused-ring (bicyclic) bond motifs is 3. The fraction of sp³-hybridized carbons (Fsp3) is 0.304. The van der Waals surface area contributed by atoms with E-state index in [0.29, 0.717) is 0 Å². The van der Waals surface area contributed by atoms with Crippen molar-refractivity contribution >= 4 is 21.9 Å². The maximum atomic E-state index is 6.26. The molecular formula is C23H29NO. The van der Waals surface area contributed by atoms with Crippen LogP contribution in [0.25, 0.3) is 21.9 Å². The molecule has 0 saturated carbocycles. The summed E-state index contributed by atoms with van der Waals surface area (Å²) in [6.45, 7) is 10.2. The Hall–Kier alpha value is -2.48. The van der Waals surface area contributed by atoms with Crippen LogP contribution in [-0.4, -0.2) is 0 Å². The molecule has 2 aromatic carbocycles. The molecule has 2 heterocycles. The number of dihydropyridines is 1. The number of nitrogens with one attached hydrogen (secondary N) is 1. The number of para-hydroxylation sites is 2. The number of rotatable bonds is 2. The number of furan rings is 1. The van der Waals surface area contributed by atoms with Crippen LogP contribution in [-0.2, 0) is 6.42 Å². The second kappa shape index (κ2) is 9.12. The first-order valence-corrected chi connectivity index (χ1v) is 9.41. The molecule has 132 valence electrons. The quantitative estimate of drug-likeness (QED) is 0.550. The highest BCUT2D eigenvalue weighted by Gasteiger charge is 2.17. The van der Waals surface area contributed by atoms with Gasteiger partial charge in [-0.2, -0.15) is 0 Å². The van der Waals surface area contributed by atoms with Crippen molar-refractivity contribution in [2.75, 3.05) is 0 Å². The summed E-state index contributed by atoms with van der Waals surface area (Å²) < 4.78 is 6.26. The number of allylic oxidation sites excluding steroid dienone is 2. The summed E-state index contributed by atoms with van der Waals surface area (Å²) in [6, 6.07) is 13.0. The molecule has 0 amide bonds. The molecule has 4 rings (SSSR count). The van der Waals surface area contributed by atoms with Gasteiger partial charge in [-0.05, 0) is 24.3 Å². The molecule has 0 bridgehead atoms. The van der Waals surface area contributed by atoms with E-state index in [4.69, 9.17) is 4.42 Å². The first-order valence-electron chi connectivity index (χ1n) is 9.41. The molecule has 0 fully saturated rings. The molecular weight excluding hydrogens is 306 g/mol. The lowest BCUT2D eigenvalue weighted by atomic mass is 10.0. The van der Waals surface area contributed by atoms with Crippen LogP contribution in [0.15, 0.2) is 65.2 Å². The molecule has 1 aliphatic rings. The van der Waals surface area contributed by atoms with Gasteiger partial charge in [-0.3, -0.25) is 0 Å². The Morgan fingerprint density at radius 3 is 2.20 bits per heavy atom. The van der Waals surface area contributed by atoms with E-state index >= 15 is 0 Å². The third-order valence-corrected chi connectivity index (χ3v) is 4.14. The summed E-state index contributed by atoms with van der Waals surface area (Å²) in [5.74, 6) is 0. The zero-order valence-corrected chi connectivity index (χ0v) is 16.0. The van der Waals surface area contributed by atoms with Crippen LogP contribution >= 0.6 is 0 Å². The maximum Gasteiger partial charge on any atom is 0.141 e. The van der Waals surface area contributed by atoms with E-state index in [2.05, 4.69) is 60.8 Å². The number of hydrogen-bond acceptors (Lipinski definition) is 2. The summed E-state index contributed by atoms with van der Waals surface area (Å²) >= 11 is 0. The van der Waals surface area contributed by atoms with Crippen molar-refractivity contribution in [3.8, 4) is 0 Å². The van der Waals surface area contributed by atoms with Gasteiger partial charge in [0.15, 0.2) is 0 Å². The van der Waals surface area contributed by atoms with Crippen molar-refractivity contribution in [2.45, 2.75) is 47.1 Å². The first kappa shape index (κ1) is 18.9. The smallest absolute Gasteiger partial charge is 0.141 e. The lowest BCUT2D eigenvalue weighted by Gasteiger charge is -2.16. The van der Waals surface area contributed by atoms with Gasteiger partial charge in [-0.15, -0.1) is 0 Å². The van der Waals surface area contributed by atoms with Crippen LogP contribution < -0.4 is 5.32 Å². The van der Waals surface area contributed by atoms with Gasteiger partial charge in [0, 0.05) is 16.3 Å². The van der Waals surface area contributed by atoms with Gasteiger partial charge < -0.3 is 9.73 Å². The molecule has 1 aromatic heterocycles. The Balaban J connectivity index is 0.000000528. The van der Waals surface area contributed by atoms with Gasteiger partial charge >= 0.3 is 0 Å². The van der Waals surface area contributed by atoms with Crippen LogP contribution in [0.4, 0.5) is 0 Å². The predicted molar refractivity (Wildman–Crippen MR) is 110 cm³/mol. The number of aryl methyl sites for hydroxylation is 1. The predicted octanol–water partition coefficient (Wildman–Crippen LogP) is 6.92. The molecule has 3 aromatic rings. The van der Waals surface area contributed by atoms with Gasteiger partial charge in [0.25, 0.3) is 0 Å². The highest BCUT2D eigenvalue weighted by molar-refractivity contribution is 6.07. The van der Waals surface area contributed by atoms with Gasteiger partial charge in [-0.25, -0.2) is 0 Å². The van der Waals surface area contributed by atoms with E-state index in [1.807, 2.05) is 40.0 Å². The van der Waals surface area contributed by atoms with Crippen molar-refractivity contribution in [2.24, 2.45) is 0 Å². The fourth-order valence-electron chi connectivity index (χ4n) is 3.06. The van der Waals surface area contributed by atoms with E-state index in [1.165, 1.54) is 21.9 Å². The topological polar surface area (TPSA) is 25.2 Å². The highest BCUT2D eigenvalue weighted by Crippen LogP contribution is 2.35. The van der Waals surface area contributed by atoms with E-state index in [1.54, 1.807) is 0 Å². The standard InChI is InChI=1S/C19H17NO.2C2H6/c1-2-13-7-5-8-14-15-9-6-10-16(19(15)21-18(13)14)17-11-3-4-12-20-17;2*1-2/h3-12,17,20H,2H2,1H3;2*1-2H3. The van der Waals surface area contributed by atoms with Crippen LogP contribution in [0.1, 0.15) is 51.8 Å². The van der Waals surface area contributed by atoms with Crippen molar-refractivity contribution in [1.29, 1.82) is 0 Å². The Kier molecular flexibility index (Phi) is 6.88. The minimum atomic E-state index is 0.171. The lowest BCUT2D eigenvalue weighted by molar-refractivity contribution is 0.644. The van der Waals surface area contributed by atoms with Gasteiger partial charge in [-0.1, -0.05) is 83.2 Å². The molecule has 1 aliphatic heterocycles. The van der Waals surface area contributed by atoms with Crippen molar-refractivity contribution in [1.82, 2.24) is 5.32 Å². The zero-order valence-electron chi connectivity index (χ0n) is 16.0. The van der Waals surface area contributed by atoms with Crippen LogP contribution in [0.2, 0.25) is 0 Å². The van der Waals surface area contributed by atoms with E-state index in [9.17, 15) is 0 Å². The second-order valence-corrected chi connectivity index (χ2v) is 5.36. The van der Waals surface area contributed by atoms with Crippen LogP contribution in [0, 0.1) is 0 Å². The second-order valence-electron chi connectivity index (χ2n) is 5.36. The summed E-state index contributed by atoms with van der Waals surface area (Å²) in [4.78, 5) is 0. The van der Waals surface area contributed by atoms with Crippen molar-refractivity contribution < 1.29 is 4.42 Å². The first-order chi connectivity index (χ1) is 12.4. The van der Waals surface area contributed by atoms with Crippen molar-refractivity contribution in [3.63, 3.8) is 0 Å². The molecule has 0 saturated heterocycles. The lowest BCUT2D eigenvalue weighted by Crippen LogP contribution is -2.14. The summed E-state index contributed by atoms with van der Waals surface area (Å²) in [6.07, 6.45) is 9.19. The van der Waals surface area contributed by atoms with E-state index in [-0.39, 0.29) is 6.04 Å². The molecule has 0 radical (unpaired) electrons. The van der Waals surface area contributed by atoms with Gasteiger partial charge in [0.1, 0.15) is 11.2 Å². The SMILES string of the molecule is CC.CC.CCc1cccc2c1oc1c(C3C=CC=CN3)cccc12. The minimum Gasteiger partial charge on any atom is -0.455 e. The number of benzene rings is 2. The Labute approximate surface area is 151 Å². The molecule has 1 atom stereocenters. The Bertz CT molecular complexity index is 870. The molecule has 2 nitrogen and oxygen atoms in total.